The number of aliphatic carboxylic acids is 1. The SMILES string of the molecule is CCC(=O)[C@H](C)C[C@H](C)C(=O)O. The zero-order valence-corrected chi connectivity index (χ0v) is 7.83. The van der Waals surface area contributed by atoms with Gasteiger partial charge in [-0.15, -0.1) is 0 Å². The number of hydrogen-bond acceptors (Lipinski definition) is 2. The van der Waals surface area contributed by atoms with Crippen LogP contribution in [0.4, 0.5) is 0 Å². The van der Waals surface area contributed by atoms with Gasteiger partial charge in [-0.05, 0) is 6.42 Å². The Kier molecular flexibility index (Phi) is 4.55. The lowest BCUT2D eigenvalue weighted by molar-refractivity contribution is -0.141. The molecule has 0 bridgehead atoms. The highest BCUT2D eigenvalue weighted by atomic mass is 16.4. The number of rotatable bonds is 5. The van der Waals surface area contributed by atoms with Crippen molar-refractivity contribution in [2.75, 3.05) is 0 Å². The Hall–Kier alpha value is -0.860. The molecule has 0 spiro atoms. The number of carbonyl (C=O) groups excluding carboxylic acids is 1. The predicted octanol–water partition coefficient (Wildman–Crippen LogP) is 1.71. The monoisotopic (exact) mass is 172 g/mol. The fourth-order valence-electron chi connectivity index (χ4n) is 1.11. The van der Waals surface area contributed by atoms with E-state index in [1.54, 1.807) is 20.8 Å². The van der Waals surface area contributed by atoms with Gasteiger partial charge in [0.05, 0.1) is 5.92 Å². The first-order chi connectivity index (χ1) is 5.49. The summed E-state index contributed by atoms with van der Waals surface area (Å²) in [5.74, 6) is -1.23. The van der Waals surface area contributed by atoms with Crippen LogP contribution in [0.5, 0.6) is 0 Å². The molecular formula is C9H16O3. The highest BCUT2D eigenvalue weighted by Gasteiger charge is 2.18. The number of Topliss-reactive ketones (excluding diaryl/α,β-unsaturated/α-hetero) is 1. The summed E-state index contributed by atoms with van der Waals surface area (Å²) in [6, 6.07) is 0. The van der Waals surface area contributed by atoms with E-state index in [1.807, 2.05) is 0 Å². The molecule has 70 valence electrons. The van der Waals surface area contributed by atoms with E-state index in [0.717, 1.165) is 0 Å². The highest BCUT2D eigenvalue weighted by Crippen LogP contribution is 2.13. The molecule has 0 saturated heterocycles. The van der Waals surface area contributed by atoms with Crippen molar-refractivity contribution in [1.29, 1.82) is 0 Å². The number of carboxylic acid groups (broad SMARTS) is 1. The quantitative estimate of drug-likeness (QED) is 0.686. The molecule has 0 aromatic rings. The summed E-state index contributed by atoms with van der Waals surface area (Å²) in [6.45, 7) is 5.21. The summed E-state index contributed by atoms with van der Waals surface area (Å²) in [5, 5.41) is 8.57. The van der Waals surface area contributed by atoms with Crippen LogP contribution in [0.15, 0.2) is 0 Å². The lowest BCUT2D eigenvalue weighted by Gasteiger charge is -2.11. The van der Waals surface area contributed by atoms with Crippen LogP contribution >= 0.6 is 0 Å². The molecule has 0 heterocycles. The van der Waals surface area contributed by atoms with Crippen molar-refractivity contribution in [2.45, 2.75) is 33.6 Å². The molecule has 3 nitrogen and oxygen atoms in total. The van der Waals surface area contributed by atoms with E-state index in [2.05, 4.69) is 0 Å². The summed E-state index contributed by atoms with van der Waals surface area (Å²) >= 11 is 0. The molecule has 1 N–H and O–H groups in total. The van der Waals surface area contributed by atoms with Crippen LogP contribution < -0.4 is 0 Å². The third-order valence-electron chi connectivity index (χ3n) is 2.03. The first kappa shape index (κ1) is 11.1. The Morgan fingerprint density at radius 2 is 1.75 bits per heavy atom. The minimum Gasteiger partial charge on any atom is -0.481 e. The van der Waals surface area contributed by atoms with E-state index in [4.69, 9.17) is 5.11 Å². The van der Waals surface area contributed by atoms with Crippen molar-refractivity contribution >= 4 is 11.8 Å². The van der Waals surface area contributed by atoms with Crippen LogP contribution in [0.25, 0.3) is 0 Å². The van der Waals surface area contributed by atoms with Gasteiger partial charge in [-0.1, -0.05) is 20.8 Å². The van der Waals surface area contributed by atoms with E-state index in [-0.39, 0.29) is 11.7 Å². The summed E-state index contributed by atoms with van der Waals surface area (Å²) < 4.78 is 0. The maximum Gasteiger partial charge on any atom is 0.306 e. The van der Waals surface area contributed by atoms with Gasteiger partial charge in [0.15, 0.2) is 0 Å². The average Bonchev–Trinajstić information content (AvgIpc) is 2.02. The molecule has 0 aliphatic heterocycles. The standard InChI is InChI=1S/C9H16O3/c1-4-8(10)6(2)5-7(3)9(11)12/h6-7H,4-5H2,1-3H3,(H,11,12)/t6-,7+/m1/s1. The molecule has 0 aliphatic rings. The van der Waals surface area contributed by atoms with Crippen molar-refractivity contribution in [3.8, 4) is 0 Å². The van der Waals surface area contributed by atoms with Crippen LogP contribution in [0.2, 0.25) is 0 Å². The second kappa shape index (κ2) is 4.91. The summed E-state index contributed by atoms with van der Waals surface area (Å²) in [5.41, 5.74) is 0. The Labute approximate surface area is 72.8 Å². The van der Waals surface area contributed by atoms with E-state index >= 15 is 0 Å². The van der Waals surface area contributed by atoms with Crippen molar-refractivity contribution in [3.63, 3.8) is 0 Å². The first-order valence-corrected chi connectivity index (χ1v) is 4.24. The van der Waals surface area contributed by atoms with E-state index in [9.17, 15) is 9.59 Å². The van der Waals surface area contributed by atoms with Gasteiger partial charge in [0.1, 0.15) is 5.78 Å². The fraction of sp³-hybridized carbons (Fsp3) is 0.778. The Morgan fingerprint density at radius 1 is 1.25 bits per heavy atom. The molecule has 12 heavy (non-hydrogen) atoms. The van der Waals surface area contributed by atoms with Crippen LogP contribution in [-0.2, 0) is 9.59 Å². The van der Waals surface area contributed by atoms with Crippen molar-refractivity contribution in [2.24, 2.45) is 11.8 Å². The third kappa shape index (κ3) is 3.51. The molecule has 0 aromatic carbocycles. The maximum atomic E-state index is 11.1. The van der Waals surface area contributed by atoms with Crippen molar-refractivity contribution in [1.82, 2.24) is 0 Å². The molecule has 0 aromatic heterocycles. The van der Waals surface area contributed by atoms with Gasteiger partial charge < -0.3 is 5.11 Å². The van der Waals surface area contributed by atoms with Gasteiger partial charge in [-0.2, -0.15) is 0 Å². The molecule has 0 unspecified atom stereocenters. The predicted molar refractivity (Wildman–Crippen MR) is 45.9 cm³/mol. The van der Waals surface area contributed by atoms with Crippen LogP contribution in [0, 0.1) is 11.8 Å². The zero-order chi connectivity index (χ0) is 9.72. The van der Waals surface area contributed by atoms with Gasteiger partial charge >= 0.3 is 5.97 Å². The van der Waals surface area contributed by atoms with Crippen molar-refractivity contribution < 1.29 is 14.7 Å². The minimum absolute atomic E-state index is 0.124. The van der Waals surface area contributed by atoms with Gasteiger partial charge in [-0.25, -0.2) is 0 Å². The zero-order valence-electron chi connectivity index (χ0n) is 7.83. The van der Waals surface area contributed by atoms with Crippen LogP contribution in [-0.4, -0.2) is 16.9 Å². The highest BCUT2D eigenvalue weighted by molar-refractivity contribution is 5.81. The summed E-state index contributed by atoms with van der Waals surface area (Å²) in [6.07, 6.45) is 0.940. The van der Waals surface area contributed by atoms with Crippen molar-refractivity contribution in [3.05, 3.63) is 0 Å². The molecule has 0 fully saturated rings. The Balaban J connectivity index is 3.91. The summed E-state index contributed by atoms with van der Waals surface area (Å²) in [7, 11) is 0. The van der Waals surface area contributed by atoms with Gasteiger partial charge in [0, 0.05) is 12.3 Å². The lowest BCUT2D eigenvalue weighted by atomic mass is 9.93. The second-order valence-corrected chi connectivity index (χ2v) is 3.20. The molecule has 0 aliphatic carbocycles. The topological polar surface area (TPSA) is 54.4 Å². The van der Waals surface area contributed by atoms with Gasteiger partial charge in [0.25, 0.3) is 0 Å². The smallest absolute Gasteiger partial charge is 0.306 e. The van der Waals surface area contributed by atoms with Crippen LogP contribution in [0.1, 0.15) is 33.6 Å². The van der Waals surface area contributed by atoms with Crippen LogP contribution in [0.3, 0.4) is 0 Å². The van der Waals surface area contributed by atoms with E-state index in [1.165, 1.54) is 0 Å². The summed E-state index contributed by atoms with van der Waals surface area (Å²) in [4.78, 5) is 21.5. The second-order valence-electron chi connectivity index (χ2n) is 3.20. The molecule has 0 saturated carbocycles. The van der Waals surface area contributed by atoms with Gasteiger partial charge in [-0.3, -0.25) is 9.59 Å². The average molecular weight is 172 g/mol. The molecule has 3 heteroatoms. The molecule has 0 amide bonds. The number of hydrogen-bond donors (Lipinski definition) is 1. The Bertz CT molecular complexity index is 175. The van der Waals surface area contributed by atoms with E-state index in [0.29, 0.717) is 12.8 Å². The first-order valence-electron chi connectivity index (χ1n) is 4.24. The minimum atomic E-state index is -0.828. The lowest BCUT2D eigenvalue weighted by Crippen LogP contribution is -2.18. The number of carboxylic acids is 1. The largest absolute Gasteiger partial charge is 0.481 e. The normalized spacial score (nSPS) is 15.2. The van der Waals surface area contributed by atoms with E-state index < -0.39 is 11.9 Å². The number of carbonyl (C=O) groups is 2. The van der Waals surface area contributed by atoms with Gasteiger partial charge in [0.2, 0.25) is 0 Å². The molecule has 2 atom stereocenters. The molecule has 0 rings (SSSR count). The third-order valence-corrected chi connectivity index (χ3v) is 2.03. The number of ketones is 1. The molecule has 0 radical (unpaired) electrons. The Morgan fingerprint density at radius 3 is 2.08 bits per heavy atom. The molecular weight excluding hydrogens is 156 g/mol. The maximum absolute atomic E-state index is 11.1. The fourth-order valence-corrected chi connectivity index (χ4v) is 1.11.